The third-order valence-corrected chi connectivity index (χ3v) is 9.67. The van der Waals surface area contributed by atoms with Crippen molar-refractivity contribution in [3.8, 4) is 22.5 Å². The highest BCUT2D eigenvalue weighted by atomic mass is 16.6. The second kappa shape index (κ2) is 9.21. The molecular formula is C36H32N2O4+2. The zero-order valence-corrected chi connectivity index (χ0v) is 23.5. The van der Waals surface area contributed by atoms with E-state index in [-0.39, 0.29) is 36.1 Å². The molecule has 42 heavy (non-hydrogen) atoms. The van der Waals surface area contributed by atoms with Crippen molar-refractivity contribution in [2.24, 2.45) is 5.92 Å². The van der Waals surface area contributed by atoms with Crippen LogP contribution in [0.3, 0.4) is 0 Å². The molecule has 5 atom stereocenters. The Labute approximate surface area is 244 Å². The number of nitrogens with zero attached hydrogens (tertiary/aromatic N) is 2. The van der Waals surface area contributed by atoms with Crippen LogP contribution in [-0.2, 0) is 21.4 Å². The van der Waals surface area contributed by atoms with Crippen LogP contribution < -0.4 is 9.13 Å². The van der Waals surface area contributed by atoms with E-state index in [1.165, 1.54) is 5.56 Å². The molecule has 2 aromatic carbocycles. The highest BCUT2D eigenvalue weighted by Gasteiger charge is 2.61. The molecule has 6 nitrogen and oxygen atoms in total. The number of hydrogen-bond donors (Lipinski definition) is 0. The number of allylic oxidation sites excluding steroid dienone is 1. The average molecular weight is 557 g/mol. The molecule has 208 valence electrons. The van der Waals surface area contributed by atoms with E-state index in [0.717, 1.165) is 40.9 Å². The van der Waals surface area contributed by atoms with Crippen LogP contribution in [0.1, 0.15) is 64.1 Å². The fourth-order valence-electron chi connectivity index (χ4n) is 7.93. The minimum Gasteiger partial charge on any atom is -0.458 e. The number of carbonyl (C=O) groups is 2. The second-order valence-corrected chi connectivity index (χ2v) is 12.2. The fraction of sp³-hybridized carbons (Fsp3) is 0.278. The van der Waals surface area contributed by atoms with Crippen molar-refractivity contribution in [2.75, 3.05) is 0 Å². The minimum absolute atomic E-state index is 0.265. The lowest BCUT2D eigenvalue weighted by Crippen LogP contribution is -2.71. The summed E-state index contributed by atoms with van der Waals surface area (Å²) in [6, 6.07) is 24.4. The van der Waals surface area contributed by atoms with Crippen LogP contribution in [0.25, 0.3) is 22.5 Å². The highest BCUT2D eigenvalue weighted by molar-refractivity contribution is 5.90. The number of fused-ring (bicyclic) bond motifs is 8. The van der Waals surface area contributed by atoms with E-state index in [4.69, 9.17) is 9.47 Å². The van der Waals surface area contributed by atoms with Crippen LogP contribution in [0.5, 0.6) is 0 Å². The Kier molecular flexibility index (Phi) is 5.52. The maximum absolute atomic E-state index is 13.7. The van der Waals surface area contributed by atoms with Crippen molar-refractivity contribution in [1.29, 1.82) is 0 Å². The first-order valence-electron chi connectivity index (χ1n) is 14.8. The summed E-state index contributed by atoms with van der Waals surface area (Å²) in [7, 11) is 0. The molecule has 6 heteroatoms. The van der Waals surface area contributed by atoms with Gasteiger partial charge in [0.2, 0.25) is 17.4 Å². The molecule has 0 amide bonds. The molecule has 8 rings (SSSR count). The van der Waals surface area contributed by atoms with Crippen LogP contribution in [0.15, 0.2) is 97.8 Å². The van der Waals surface area contributed by atoms with Crippen molar-refractivity contribution in [1.82, 2.24) is 0 Å². The Morgan fingerprint density at radius 2 is 1.43 bits per heavy atom. The van der Waals surface area contributed by atoms with Gasteiger partial charge in [0.25, 0.3) is 5.54 Å². The first-order valence-corrected chi connectivity index (χ1v) is 14.8. The van der Waals surface area contributed by atoms with Gasteiger partial charge in [0.05, 0.1) is 12.0 Å². The third kappa shape index (κ3) is 3.57. The zero-order chi connectivity index (χ0) is 28.6. The van der Waals surface area contributed by atoms with Crippen molar-refractivity contribution in [2.45, 2.75) is 56.4 Å². The second-order valence-electron chi connectivity index (χ2n) is 12.2. The number of esters is 2. The third-order valence-electron chi connectivity index (χ3n) is 9.67. The number of ether oxygens (including phenoxy) is 2. The molecule has 1 spiro atoms. The normalized spacial score (nSPS) is 27.0. The van der Waals surface area contributed by atoms with Crippen LogP contribution in [0.2, 0.25) is 0 Å². The molecule has 3 aliphatic heterocycles. The van der Waals surface area contributed by atoms with Crippen LogP contribution in [0, 0.1) is 5.92 Å². The first kappa shape index (κ1) is 25.2. The molecule has 5 heterocycles. The van der Waals surface area contributed by atoms with Gasteiger partial charge in [-0.15, -0.1) is 0 Å². The topological polar surface area (TPSA) is 60.4 Å². The maximum atomic E-state index is 13.7. The Balaban J connectivity index is 1.45. The molecular weight excluding hydrogens is 524 g/mol. The van der Waals surface area contributed by atoms with E-state index in [9.17, 15) is 9.59 Å². The van der Waals surface area contributed by atoms with E-state index in [2.05, 4.69) is 65.1 Å². The Morgan fingerprint density at radius 1 is 0.786 bits per heavy atom. The summed E-state index contributed by atoms with van der Waals surface area (Å²) in [5.41, 5.74) is 6.94. The lowest BCUT2D eigenvalue weighted by Gasteiger charge is -2.39. The monoisotopic (exact) mass is 556 g/mol. The summed E-state index contributed by atoms with van der Waals surface area (Å²) >= 11 is 0. The standard InChI is InChI=1S/C36H32N2O4/c1-3-33-36-19-23-8-4-5-9-28(23)32-15-13-25(21-38(32)36)35(40)42-27-17-22(2)16-26(18-27)41-34(39)24-12-14-31(37(33)20-24)29-10-6-7-11-30(29)36/h3-15,20-22,26-27,33H,1,16-19H2,2H3/q+2/t22-,26?,27?,33?,36?/m1/s1. The summed E-state index contributed by atoms with van der Waals surface area (Å²) < 4.78 is 16.6. The van der Waals surface area contributed by atoms with E-state index in [1.807, 2.05) is 48.8 Å². The number of aromatic nitrogens is 2. The molecule has 2 aromatic heterocycles. The number of rotatable bonds is 1. The van der Waals surface area contributed by atoms with E-state index in [0.29, 0.717) is 24.0 Å². The summed E-state index contributed by atoms with van der Waals surface area (Å²) in [6.07, 6.45) is 7.90. The zero-order valence-electron chi connectivity index (χ0n) is 23.5. The van der Waals surface area contributed by atoms with Crippen LogP contribution in [0.4, 0.5) is 0 Å². The van der Waals surface area contributed by atoms with E-state index < -0.39 is 5.54 Å². The number of pyridine rings is 2. The minimum atomic E-state index is -0.664. The van der Waals surface area contributed by atoms with Gasteiger partial charge in [-0.2, -0.15) is 9.13 Å². The Bertz CT molecular complexity index is 1810. The lowest BCUT2D eigenvalue weighted by atomic mass is 9.69. The predicted octanol–water partition coefficient (Wildman–Crippen LogP) is 5.52. The maximum Gasteiger partial charge on any atom is 0.344 e. The summed E-state index contributed by atoms with van der Waals surface area (Å²) in [5, 5.41) is 0. The van der Waals surface area contributed by atoms with Crippen molar-refractivity contribution in [3.63, 3.8) is 0 Å². The van der Waals surface area contributed by atoms with Crippen molar-refractivity contribution < 1.29 is 28.2 Å². The van der Waals surface area contributed by atoms with Gasteiger partial charge >= 0.3 is 11.9 Å². The molecule has 4 unspecified atom stereocenters. The van der Waals surface area contributed by atoms with Gasteiger partial charge in [0, 0.05) is 29.7 Å². The Hall–Kier alpha value is -4.58. The molecule has 0 radical (unpaired) electrons. The molecule has 0 saturated heterocycles. The first-order chi connectivity index (χ1) is 20.5. The number of carbonyl (C=O) groups excluding carboxylic acids is 2. The van der Waals surface area contributed by atoms with Gasteiger partial charge in [-0.3, -0.25) is 0 Å². The van der Waals surface area contributed by atoms with Gasteiger partial charge in [0.15, 0.2) is 12.4 Å². The van der Waals surface area contributed by atoms with Gasteiger partial charge < -0.3 is 9.47 Å². The number of benzene rings is 2. The SMILES string of the molecule is C=CC1[n+]2cc3ccc2-c2ccccc2C12Cc1ccccc1-c1ccc(c[n+]12)C(=O)OC1CC(C[C@@H](C)C1)OC3=O. The van der Waals surface area contributed by atoms with E-state index >= 15 is 0 Å². The summed E-state index contributed by atoms with van der Waals surface area (Å²) in [4.78, 5) is 27.3. The number of hydrogen-bond acceptors (Lipinski definition) is 4. The van der Waals surface area contributed by atoms with Gasteiger partial charge in [-0.1, -0.05) is 49.9 Å². The summed E-state index contributed by atoms with van der Waals surface area (Å²) in [6.45, 7) is 6.46. The van der Waals surface area contributed by atoms with E-state index in [1.54, 1.807) is 0 Å². The van der Waals surface area contributed by atoms with Gasteiger partial charge in [-0.25, -0.2) is 9.59 Å². The molecule has 1 aliphatic carbocycles. The van der Waals surface area contributed by atoms with Crippen molar-refractivity contribution in [3.05, 3.63) is 120 Å². The smallest absolute Gasteiger partial charge is 0.344 e. The fourth-order valence-corrected chi connectivity index (χ4v) is 7.93. The van der Waals surface area contributed by atoms with Crippen LogP contribution >= 0.6 is 0 Å². The molecule has 7 bridgehead atoms. The molecule has 1 fully saturated rings. The quantitative estimate of drug-likeness (QED) is 0.176. The molecule has 4 aliphatic rings. The largest absolute Gasteiger partial charge is 0.458 e. The van der Waals surface area contributed by atoms with Gasteiger partial charge in [0.1, 0.15) is 23.3 Å². The summed E-state index contributed by atoms with van der Waals surface area (Å²) in [5.74, 6) is -0.449. The molecule has 4 aromatic rings. The molecule has 0 N–H and O–H groups in total. The predicted molar refractivity (Wildman–Crippen MR) is 156 cm³/mol. The van der Waals surface area contributed by atoms with Gasteiger partial charge in [-0.05, 0) is 54.7 Å². The lowest BCUT2D eigenvalue weighted by molar-refractivity contribution is -0.828. The Morgan fingerprint density at radius 3 is 2.17 bits per heavy atom. The highest BCUT2D eigenvalue weighted by Crippen LogP contribution is 2.47. The van der Waals surface area contributed by atoms with Crippen LogP contribution in [-0.4, -0.2) is 24.1 Å². The van der Waals surface area contributed by atoms with Crippen molar-refractivity contribution >= 4 is 11.9 Å². The molecule has 1 saturated carbocycles. The average Bonchev–Trinajstić information content (AvgIpc) is 3.00.